The van der Waals surface area contributed by atoms with Crippen LogP contribution in [0.3, 0.4) is 0 Å². The van der Waals surface area contributed by atoms with E-state index in [9.17, 15) is 0 Å². The molecule has 1 aromatic carbocycles. The first-order chi connectivity index (χ1) is 6.72. The zero-order valence-electron chi connectivity index (χ0n) is 8.52. The lowest BCUT2D eigenvalue weighted by molar-refractivity contribution is 0.509. The summed E-state index contributed by atoms with van der Waals surface area (Å²) in [6.07, 6.45) is 5.36. The molecule has 0 bridgehead atoms. The molecule has 0 N–H and O–H groups in total. The Morgan fingerprint density at radius 2 is 2.21 bits per heavy atom. The maximum absolute atomic E-state index is 6.08. The smallest absolute Gasteiger partial charge is 0.0409 e. The van der Waals surface area contributed by atoms with Gasteiger partial charge in [0, 0.05) is 5.02 Å². The summed E-state index contributed by atoms with van der Waals surface area (Å²) in [5.74, 6) is 0.875. The van der Waals surface area contributed by atoms with Crippen molar-refractivity contribution in [1.29, 1.82) is 0 Å². The van der Waals surface area contributed by atoms with Crippen molar-refractivity contribution in [3.8, 4) is 0 Å². The average Bonchev–Trinajstić information content (AvgIpc) is 2.80. The molecular formula is C13H15Cl. The minimum Gasteiger partial charge on any atom is -0.0843 e. The van der Waals surface area contributed by atoms with Crippen LogP contribution in [0.5, 0.6) is 0 Å². The van der Waals surface area contributed by atoms with Crippen molar-refractivity contribution in [2.75, 3.05) is 0 Å². The summed E-state index contributed by atoms with van der Waals surface area (Å²) >= 11 is 6.08. The van der Waals surface area contributed by atoms with Gasteiger partial charge in [0.05, 0.1) is 0 Å². The molecule has 2 unspecified atom stereocenters. The van der Waals surface area contributed by atoms with Gasteiger partial charge in [0.25, 0.3) is 0 Å². The maximum atomic E-state index is 6.08. The molecule has 0 nitrogen and oxygen atoms in total. The number of hydrogen-bond acceptors (Lipinski definition) is 0. The van der Waals surface area contributed by atoms with Crippen molar-refractivity contribution in [3.05, 3.63) is 34.3 Å². The minimum atomic E-state index is 0.526. The summed E-state index contributed by atoms with van der Waals surface area (Å²) in [6.45, 7) is 2.37. The fourth-order valence-electron chi connectivity index (χ4n) is 3.17. The van der Waals surface area contributed by atoms with Crippen LogP contribution in [0, 0.1) is 5.92 Å². The van der Waals surface area contributed by atoms with Gasteiger partial charge in [-0.3, -0.25) is 0 Å². The monoisotopic (exact) mass is 206 g/mol. The summed E-state index contributed by atoms with van der Waals surface area (Å²) in [5.41, 5.74) is 3.63. The van der Waals surface area contributed by atoms with Crippen LogP contribution in [0.4, 0.5) is 0 Å². The highest BCUT2D eigenvalue weighted by molar-refractivity contribution is 6.30. The van der Waals surface area contributed by atoms with Crippen molar-refractivity contribution in [3.63, 3.8) is 0 Å². The molecule has 74 valence electrons. The van der Waals surface area contributed by atoms with E-state index in [0.717, 1.165) is 10.9 Å². The van der Waals surface area contributed by atoms with Gasteiger partial charge < -0.3 is 0 Å². The number of benzene rings is 1. The van der Waals surface area contributed by atoms with Crippen molar-refractivity contribution >= 4 is 11.6 Å². The van der Waals surface area contributed by atoms with Crippen LogP contribution in [-0.2, 0) is 11.8 Å². The molecule has 2 aliphatic carbocycles. The summed E-state index contributed by atoms with van der Waals surface area (Å²) in [6, 6.07) is 6.47. The first-order valence-corrected chi connectivity index (χ1v) is 5.89. The molecule has 0 aliphatic heterocycles. The highest BCUT2D eigenvalue weighted by Crippen LogP contribution is 2.60. The lowest BCUT2D eigenvalue weighted by Gasteiger charge is -2.26. The normalized spacial score (nSPS) is 34.3. The van der Waals surface area contributed by atoms with Crippen molar-refractivity contribution in [2.24, 2.45) is 5.92 Å². The Morgan fingerprint density at radius 1 is 1.43 bits per heavy atom. The van der Waals surface area contributed by atoms with Crippen molar-refractivity contribution in [2.45, 2.75) is 38.0 Å². The predicted octanol–water partition coefficient (Wildman–Crippen LogP) is 3.95. The Morgan fingerprint density at radius 3 is 2.93 bits per heavy atom. The lowest BCUT2D eigenvalue weighted by atomic mass is 9.79. The van der Waals surface area contributed by atoms with Crippen LogP contribution in [0.25, 0.3) is 0 Å². The molecule has 1 saturated carbocycles. The Labute approximate surface area is 90.3 Å². The molecule has 1 heteroatoms. The van der Waals surface area contributed by atoms with Crippen LogP contribution in [0.1, 0.15) is 37.3 Å². The van der Waals surface area contributed by atoms with Gasteiger partial charge in [-0.1, -0.05) is 24.6 Å². The molecule has 1 aromatic rings. The van der Waals surface area contributed by atoms with E-state index in [1.165, 1.54) is 25.7 Å². The number of hydrogen-bond donors (Lipinski definition) is 0. The van der Waals surface area contributed by atoms with E-state index in [0.29, 0.717) is 5.41 Å². The number of halogens is 1. The quantitative estimate of drug-likeness (QED) is 0.603. The topological polar surface area (TPSA) is 0 Å². The molecule has 0 heterocycles. The molecule has 0 saturated heterocycles. The SMILES string of the molecule is CC1CC12CCCc1ccc(Cl)cc12. The zero-order valence-corrected chi connectivity index (χ0v) is 9.27. The molecule has 1 spiro atoms. The summed E-state index contributed by atoms with van der Waals surface area (Å²) in [7, 11) is 0. The molecule has 0 amide bonds. The van der Waals surface area contributed by atoms with Gasteiger partial charge >= 0.3 is 0 Å². The van der Waals surface area contributed by atoms with Gasteiger partial charge in [0.15, 0.2) is 0 Å². The minimum absolute atomic E-state index is 0.526. The highest BCUT2D eigenvalue weighted by atomic mass is 35.5. The standard InChI is InChI=1S/C13H15Cl/c1-9-8-13(9)6-2-3-10-4-5-11(14)7-12(10)13/h4-5,7,9H,2-3,6,8H2,1H3. The van der Waals surface area contributed by atoms with E-state index in [2.05, 4.69) is 19.1 Å². The van der Waals surface area contributed by atoms with Gasteiger partial charge in [0.1, 0.15) is 0 Å². The Bertz CT molecular complexity index is 383. The third kappa shape index (κ3) is 1.07. The van der Waals surface area contributed by atoms with Gasteiger partial charge in [-0.2, -0.15) is 0 Å². The van der Waals surface area contributed by atoms with Gasteiger partial charge in [-0.15, -0.1) is 0 Å². The van der Waals surface area contributed by atoms with Crippen LogP contribution >= 0.6 is 11.6 Å². The van der Waals surface area contributed by atoms with E-state index in [1.54, 1.807) is 11.1 Å². The van der Waals surface area contributed by atoms with E-state index in [1.807, 2.05) is 6.07 Å². The Kier molecular flexibility index (Phi) is 1.73. The highest BCUT2D eigenvalue weighted by Gasteiger charge is 2.53. The van der Waals surface area contributed by atoms with Crippen LogP contribution < -0.4 is 0 Å². The number of rotatable bonds is 0. The molecule has 0 radical (unpaired) electrons. The van der Waals surface area contributed by atoms with Crippen molar-refractivity contribution in [1.82, 2.24) is 0 Å². The third-order valence-electron chi connectivity index (χ3n) is 4.13. The fraction of sp³-hybridized carbons (Fsp3) is 0.538. The second-order valence-corrected chi connectivity index (χ2v) is 5.35. The van der Waals surface area contributed by atoms with E-state index in [-0.39, 0.29) is 0 Å². The van der Waals surface area contributed by atoms with E-state index >= 15 is 0 Å². The first-order valence-electron chi connectivity index (χ1n) is 5.51. The zero-order chi connectivity index (χ0) is 9.76. The average molecular weight is 207 g/mol. The Balaban J connectivity index is 2.14. The molecule has 3 rings (SSSR count). The van der Waals surface area contributed by atoms with Gasteiger partial charge in [-0.05, 0) is 60.3 Å². The van der Waals surface area contributed by atoms with Crippen LogP contribution in [0.15, 0.2) is 18.2 Å². The summed E-state index contributed by atoms with van der Waals surface area (Å²) < 4.78 is 0. The van der Waals surface area contributed by atoms with Crippen LogP contribution in [-0.4, -0.2) is 0 Å². The first kappa shape index (κ1) is 8.79. The lowest BCUT2D eigenvalue weighted by Crippen LogP contribution is -2.17. The van der Waals surface area contributed by atoms with Crippen molar-refractivity contribution < 1.29 is 0 Å². The van der Waals surface area contributed by atoms with E-state index in [4.69, 9.17) is 11.6 Å². The Hall–Kier alpha value is -0.490. The fourth-order valence-corrected chi connectivity index (χ4v) is 3.34. The molecular weight excluding hydrogens is 192 g/mol. The summed E-state index contributed by atoms with van der Waals surface area (Å²) in [5, 5.41) is 0.907. The second kappa shape index (κ2) is 2.76. The summed E-state index contributed by atoms with van der Waals surface area (Å²) in [4.78, 5) is 0. The predicted molar refractivity (Wildman–Crippen MR) is 59.8 cm³/mol. The molecule has 2 aliphatic rings. The molecule has 2 atom stereocenters. The maximum Gasteiger partial charge on any atom is 0.0409 e. The van der Waals surface area contributed by atoms with Gasteiger partial charge in [-0.25, -0.2) is 0 Å². The molecule has 0 aromatic heterocycles. The molecule has 14 heavy (non-hydrogen) atoms. The third-order valence-corrected chi connectivity index (χ3v) is 4.37. The second-order valence-electron chi connectivity index (χ2n) is 4.92. The van der Waals surface area contributed by atoms with Gasteiger partial charge in [0.2, 0.25) is 0 Å². The molecule has 1 fully saturated rings. The number of aryl methyl sites for hydroxylation is 1. The number of fused-ring (bicyclic) bond motifs is 2. The largest absolute Gasteiger partial charge is 0.0843 e. The van der Waals surface area contributed by atoms with E-state index < -0.39 is 0 Å². The van der Waals surface area contributed by atoms with Crippen LogP contribution in [0.2, 0.25) is 5.02 Å².